The molecule has 7 nitrogen and oxygen atoms in total. The molecule has 1 aliphatic rings. The Morgan fingerprint density at radius 1 is 1.57 bits per heavy atom. The predicted octanol–water partition coefficient (Wildman–Crippen LogP) is -0.333. The van der Waals surface area contributed by atoms with Crippen LogP contribution in [0.3, 0.4) is 0 Å². The fraction of sp³-hybridized carbons (Fsp3) is 0.714. The second-order valence-corrected chi connectivity index (χ2v) is 2.43. The van der Waals surface area contributed by atoms with Gasteiger partial charge in [-0.25, -0.2) is 9.59 Å². The van der Waals surface area contributed by atoms with E-state index in [9.17, 15) is 9.59 Å². The number of cyclic esters (lactones) is 2. The Balaban J connectivity index is 2.08. The van der Waals surface area contributed by atoms with Crippen LogP contribution in [-0.4, -0.2) is 49.9 Å². The first-order valence-electron chi connectivity index (χ1n) is 3.96. The van der Waals surface area contributed by atoms with Crippen LogP contribution in [0.15, 0.2) is 0 Å². The molecule has 0 aromatic rings. The van der Waals surface area contributed by atoms with Crippen molar-refractivity contribution in [2.45, 2.75) is 6.10 Å². The highest BCUT2D eigenvalue weighted by Gasteiger charge is 2.26. The highest BCUT2D eigenvalue weighted by Crippen LogP contribution is 2.06. The Bertz CT molecular complexity index is 214. The summed E-state index contributed by atoms with van der Waals surface area (Å²) in [6.07, 6.45) is -2.27. The maximum Gasteiger partial charge on any atom is 0.508 e. The van der Waals surface area contributed by atoms with Gasteiger partial charge in [0.1, 0.15) is 19.8 Å². The van der Waals surface area contributed by atoms with Gasteiger partial charge in [0.05, 0.1) is 6.61 Å². The maximum absolute atomic E-state index is 10.7. The van der Waals surface area contributed by atoms with Gasteiger partial charge in [0.15, 0.2) is 6.10 Å². The fourth-order valence-electron chi connectivity index (χ4n) is 0.779. The molecule has 0 aromatic heterocycles. The van der Waals surface area contributed by atoms with Crippen molar-refractivity contribution in [1.29, 1.82) is 0 Å². The molecule has 80 valence electrons. The molecule has 7 heteroatoms. The van der Waals surface area contributed by atoms with Gasteiger partial charge < -0.3 is 24.1 Å². The molecule has 1 fully saturated rings. The van der Waals surface area contributed by atoms with Crippen molar-refractivity contribution in [3.8, 4) is 0 Å². The molecule has 0 amide bonds. The summed E-state index contributed by atoms with van der Waals surface area (Å²) in [5, 5.41) is 8.31. The summed E-state index contributed by atoms with van der Waals surface area (Å²) in [5.74, 6) is 0. The van der Waals surface area contributed by atoms with E-state index >= 15 is 0 Å². The number of hydrogen-bond donors (Lipinski definition) is 1. The lowest BCUT2D eigenvalue weighted by Crippen LogP contribution is -2.21. The van der Waals surface area contributed by atoms with Crippen molar-refractivity contribution in [2.24, 2.45) is 0 Å². The standard InChI is InChI=1S/C7H10O7/c8-1-2-11-6(9)12-3-5-4-13-7(10)14-5/h5,8H,1-4H2. The maximum atomic E-state index is 10.7. The summed E-state index contributed by atoms with van der Waals surface area (Å²) in [5.41, 5.74) is 0. The smallest absolute Gasteiger partial charge is 0.432 e. The molecule has 0 radical (unpaired) electrons. The summed E-state index contributed by atoms with van der Waals surface area (Å²) in [6.45, 7) is -0.446. The van der Waals surface area contributed by atoms with E-state index in [1.165, 1.54) is 0 Å². The van der Waals surface area contributed by atoms with Crippen LogP contribution >= 0.6 is 0 Å². The van der Waals surface area contributed by atoms with Gasteiger partial charge in [-0.15, -0.1) is 0 Å². The third-order valence-electron chi connectivity index (χ3n) is 1.35. The van der Waals surface area contributed by atoms with Crippen LogP contribution in [0.5, 0.6) is 0 Å². The van der Waals surface area contributed by atoms with Crippen molar-refractivity contribution < 1.29 is 33.6 Å². The lowest BCUT2D eigenvalue weighted by atomic mass is 10.4. The third-order valence-corrected chi connectivity index (χ3v) is 1.35. The van der Waals surface area contributed by atoms with Crippen molar-refractivity contribution in [3.05, 3.63) is 0 Å². The summed E-state index contributed by atoms with van der Waals surface area (Å²) in [7, 11) is 0. The van der Waals surface area contributed by atoms with E-state index in [1.54, 1.807) is 0 Å². The van der Waals surface area contributed by atoms with Crippen LogP contribution in [0, 0.1) is 0 Å². The van der Waals surface area contributed by atoms with Crippen LogP contribution < -0.4 is 0 Å². The molecule has 1 N–H and O–H groups in total. The molecule has 1 atom stereocenters. The lowest BCUT2D eigenvalue weighted by Gasteiger charge is -2.07. The SMILES string of the molecule is O=C(OCCO)OCC1COC(=O)O1. The molecule has 1 rings (SSSR count). The minimum Gasteiger partial charge on any atom is -0.432 e. The van der Waals surface area contributed by atoms with Crippen molar-refractivity contribution in [2.75, 3.05) is 26.4 Å². The first kappa shape index (κ1) is 10.6. The molecule has 14 heavy (non-hydrogen) atoms. The summed E-state index contributed by atoms with van der Waals surface area (Å²) in [4.78, 5) is 21.1. The van der Waals surface area contributed by atoms with Crippen LogP contribution in [0.25, 0.3) is 0 Å². The molecule has 0 aliphatic carbocycles. The van der Waals surface area contributed by atoms with Crippen LogP contribution in [0.2, 0.25) is 0 Å². The highest BCUT2D eigenvalue weighted by atomic mass is 16.8. The minimum absolute atomic E-state index is 0.0616. The van der Waals surface area contributed by atoms with Gasteiger partial charge >= 0.3 is 12.3 Å². The van der Waals surface area contributed by atoms with E-state index in [0.29, 0.717) is 0 Å². The zero-order chi connectivity index (χ0) is 10.4. The highest BCUT2D eigenvalue weighted by molar-refractivity contribution is 5.62. The van der Waals surface area contributed by atoms with Gasteiger partial charge in [-0.1, -0.05) is 0 Å². The normalized spacial score (nSPS) is 19.8. The molecule has 0 saturated carbocycles. The van der Waals surface area contributed by atoms with Crippen molar-refractivity contribution >= 4 is 12.3 Å². The molecule has 0 bridgehead atoms. The number of aliphatic hydroxyl groups is 1. The van der Waals surface area contributed by atoms with Gasteiger partial charge in [0.2, 0.25) is 0 Å². The first-order chi connectivity index (χ1) is 6.72. The number of carbonyl (C=O) groups is 2. The van der Waals surface area contributed by atoms with E-state index in [-0.39, 0.29) is 26.4 Å². The molecule has 1 heterocycles. The average molecular weight is 206 g/mol. The summed E-state index contributed by atoms with van der Waals surface area (Å²) >= 11 is 0. The van der Waals surface area contributed by atoms with E-state index < -0.39 is 18.4 Å². The zero-order valence-electron chi connectivity index (χ0n) is 7.30. The number of carbonyl (C=O) groups excluding carboxylic acids is 2. The van der Waals surface area contributed by atoms with Gasteiger partial charge in [-0.2, -0.15) is 0 Å². The predicted molar refractivity (Wildman–Crippen MR) is 40.6 cm³/mol. The van der Waals surface area contributed by atoms with Crippen LogP contribution in [0.4, 0.5) is 9.59 Å². The van der Waals surface area contributed by atoms with Gasteiger partial charge in [0, 0.05) is 0 Å². The second-order valence-electron chi connectivity index (χ2n) is 2.43. The number of aliphatic hydroxyl groups excluding tert-OH is 1. The monoisotopic (exact) mass is 206 g/mol. The summed E-state index contributed by atoms with van der Waals surface area (Å²) in [6, 6.07) is 0. The molecule has 1 saturated heterocycles. The second kappa shape index (κ2) is 5.28. The van der Waals surface area contributed by atoms with E-state index in [1.807, 2.05) is 0 Å². The topological polar surface area (TPSA) is 91.3 Å². The van der Waals surface area contributed by atoms with E-state index in [0.717, 1.165) is 0 Å². The van der Waals surface area contributed by atoms with Crippen molar-refractivity contribution in [3.63, 3.8) is 0 Å². The molecule has 1 aliphatic heterocycles. The molecular weight excluding hydrogens is 196 g/mol. The van der Waals surface area contributed by atoms with Gasteiger partial charge in [0.25, 0.3) is 0 Å². The summed E-state index contributed by atoms with van der Waals surface area (Å²) < 4.78 is 18.0. The van der Waals surface area contributed by atoms with E-state index in [4.69, 9.17) is 5.11 Å². The number of ether oxygens (including phenoxy) is 4. The third kappa shape index (κ3) is 3.48. The number of hydrogen-bond acceptors (Lipinski definition) is 7. The molecular formula is C7H10O7. The zero-order valence-corrected chi connectivity index (χ0v) is 7.30. The Morgan fingerprint density at radius 2 is 2.36 bits per heavy atom. The van der Waals surface area contributed by atoms with E-state index in [2.05, 4.69) is 18.9 Å². The minimum atomic E-state index is -0.915. The van der Waals surface area contributed by atoms with Crippen molar-refractivity contribution in [1.82, 2.24) is 0 Å². The Labute approximate surface area is 79.5 Å². The average Bonchev–Trinajstić information content (AvgIpc) is 2.58. The molecule has 0 aromatic carbocycles. The lowest BCUT2D eigenvalue weighted by molar-refractivity contribution is 0.0178. The fourth-order valence-corrected chi connectivity index (χ4v) is 0.779. The quantitative estimate of drug-likeness (QED) is 0.629. The Kier molecular flexibility index (Phi) is 3.99. The van der Waals surface area contributed by atoms with Gasteiger partial charge in [-0.3, -0.25) is 0 Å². The number of rotatable bonds is 4. The molecule has 0 spiro atoms. The van der Waals surface area contributed by atoms with Crippen LogP contribution in [0.1, 0.15) is 0 Å². The largest absolute Gasteiger partial charge is 0.508 e. The van der Waals surface area contributed by atoms with Gasteiger partial charge in [-0.05, 0) is 0 Å². The Hall–Kier alpha value is -1.50. The molecule has 1 unspecified atom stereocenters. The Morgan fingerprint density at radius 3 is 2.93 bits per heavy atom. The first-order valence-corrected chi connectivity index (χ1v) is 3.96. The van der Waals surface area contributed by atoms with Crippen LogP contribution in [-0.2, 0) is 18.9 Å².